The molecule has 0 amide bonds. The maximum absolute atomic E-state index is 10.7. The lowest BCUT2D eigenvalue weighted by molar-refractivity contribution is 0.238. The first kappa shape index (κ1) is 13.4. The first-order valence-corrected chi connectivity index (χ1v) is 6.35. The molecule has 1 aliphatic rings. The van der Waals surface area contributed by atoms with Crippen LogP contribution in [0.5, 0.6) is 5.75 Å². The van der Waals surface area contributed by atoms with Crippen LogP contribution in [0.3, 0.4) is 0 Å². The van der Waals surface area contributed by atoms with Gasteiger partial charge in [0.1, 0.15) is 12.4 Å². The van der Waals surface area contributed by atoms with Crippen LogP contribution >= 0.6 is 11.6 Å². The Morgan fingerprint density at radius 3 is 2.72 bits per heavy atom. The van der Waals surface area contributed by atoms with E-state index >= 15 is 0 Å². The summed E-state index contributed by atoms with van der Waals surface area (Å²) in [6, 6.07) is 4.42. The molecule has 0 unspecified atom stereocenters. The number of halogens is 1. The van der Waals surface area contributed by atoms with E-state index in [1.807, 2.05) is 0 Å². The molecule has 1 saturated heterocycles. The minimum Gasteiger partial charge on any atom is -0.733 e. The summed E-state index contributed by atoms with van der Waals surface area (Å²) >= 11 is 5.95. The van der Waals surface area contributed by atoms with Crippen molar-refractivity contribution in [2.45, 2.75) is 12.8 Å². The fourth-order valence-corrected chi connectivity index (χ4v) is 2.25. The van der Waals surface area contributed by atoms with Crippen molar-refractivity contribution in [1.29, 1.82) is 0 Å². The van der Waals surface area contributed by atoms with Gasteiger partial charge < -0.3 is 15.2 Å². The fourth-order valence-electron chi connectivity index (χ4n) is 2.02. The summed E-state index contributed by atoms with van der Waals surface area (Å²) in [6.07, 6.45) is 2.51. The van der Waals surface area contributed by atoms with Crippen LogP contribution in [0.2, 0.25) is 5.02 Å². The highest BCUT2D eigenvalue weighted by molar-refractivity contribution is 6.32. The number of benzene rings is 1. The van der Waals surface area contributed by atoms with E-state index in [4.69, 9.17) is 21.5 Å². The van der Waals surface area contributed by atoms with Crippen LogP contribution in [-0.2, 0) is 0 Å². The highest BCUT2D eigenvalue weighted by Gasteiger charge is 2.11. The molecule has 0 saturated carbocycles. The summed E-state index contributed by atoms with van der Waals surface area (Å²) in [5.74, 6) is 0.529. The first-order chi connectivity index (χ1) is 8.66. The van der Waals surface area contributed by atoms with Crippen molar-refractivity contribution in [2.24, 2.45) is 0 Å². The van der Waals surface area contributed by atoms with E-state index in [9.17, 15) is 5.21 Å². The van der Waals surface area contributed by atoms with Crippen LogP contribution in [-0.4, -0.2) is 36.3 Å². The van der Waals surface area contributed by atoms with Crippen molar-refractivity contribution in [2.75, 3.05) is 31.5 Å². The Labute approximate surface area is 111 Å². The molecule has 0 spiro atoms. The summed E-state index contributed by atoms with van der Waals surface area (Å²) in [6.45, 7) is 3.71. The highest BCUT2D eigenvalue weighted by Crippen LogP contribution is 2.28. The smallest absolute Gasteiger partial charge is 0.138 e. The molecule has 18 heavy (non-hydrogen) atoms. The summed E-state index contributed by atoms with van der Waals surface area (Å²) in [5, 5.41) is 19.5. The van der Waals surface area contributed by atoms with E-state index < -0.39 is 0 Å². The third-order valence-corrected chi connectivity index (χ3v) is 3.30. The van der Waals surface area contributed by atoms with Gasteiger partial charge in [0.15, 0.2) is 0 Å². The minimum absolute atomic E-state index is 0.0897. The van der Waals surface area contributed by atoms with Crippen molar-refractivity contribution in [3.63, 3.8) is 0 Å². The van der Waals surface area contributed by atoms with E-state index in [1.165, 1.54) is 25.0 Å². The SMILES string of the molecule is [O-]N(O)c1ccc(OCCN2CCCC2)c(Cl)c1. The van der Waals surface area contributed by atoms with Crippen LogP contribution in [0.25, 0.3) is 0 Å². The third kappa shape index (κ3) is 3.49. The molecule has 2 rings (SSSR count). The number of hydrogen-bond donors (Lipinski definition) is 1. The number of ether oxygens (including phenoxy) is 1. The summed E-state index contributed by atoms with van der Waals surface area (Å²) < 4.78 is 5.56. The van der Waals surface area contributed by atoms with Gasteiger partial charge in [-0.2, -0.15) is 0 Å². The zero-order valence-electron chi connectivity index (χ0n) is 10.0. The average Bonchev–Trinajstić information content (AvgIpc) is 2.84. The lowest BCUT2D eigenvalue weighted by Gasteiger charge is -2.22. The Morgan fingerprint density at radius 2 is 2.11 bits per heavy atom. The minimum atomic E-state index is -0.222. The van der Waals surface area contributed by atoms with Crippen LogP contribution < -0.4 is 9.96 Å². The Morgan fingerprint density at radius 1 is 1.39 bits per heavy atom. The van der Waals surface area contributed by atoms with Crippen LogP contribution in [0.15, 0.2) is 18.2 Å². The van der Waals surface area contributed by atoms with Gasteiger partial charge in [0.2, 0.25) is 0 Å². The summed E-state index contributed by atoms with van der Waals surface area (Å²) in [4.78, 5) is 2.34. The first-order valence-electron chi connectivity index (χ1n) is 5.97. The molecule has 0 radical (unpaired) electrons. The standard InChI is InChI=1S/C12H16ClN2O3/c13-11-9-10(15(16)17)3-4-12(11)18-8-7-14-5-1-2-6-14/h3-4,9,16H,1-2,5-8H2/q-1. The van der Waals surface area contributed by atoms with E-state index in [0.717, 1.165) is 19.6 Å². The van der Waals surface area contributed by atoms with Gasteiger partial charge in [-0.1, -0.05) is 11.6 Å². The van der Waals surface area contributed by atoms with Gasteiger partial charge in [-0.05, 0) is 44.1 Å². The van der Waals surface area contributed by atoms with Gasteiger partial charge in [0.25, 0.3) is 0 Å². The molecular weight excluding hydrogens is 256 g/mol. The molecular formula is C12H16ClN2O3-. The second kappa shape index (κ2) is 6.24. The van der Waals surface area contributed by atoms with Gasteiger partial charge in [-0.3, -0.25) is 10.1 Å². The van der Waals surface area contributed by atoms with Crippen molar-refractivity contribution < 1.29 is 9.94 Å². The third-order valence-electron chi connectivity index (χ3n) is 3.00. The van der Waals surface area contributed by atoms with Gasteiger partial charge in [0, 0.05) is 6.54 Å². The Bertz CT molecular complexity index is 395. The molecule has 100 valence electrons. The number of anilines is 1. The molecule has 1 heterocycles. The Balaban J connectivity index is 1.85. The van der Waals surface area contributed by atoms with Crippen molar-refractivity contribution >= 4 is 17.3 Å². The Kier molecular flexibility index (Phi) is 4.66. The van der Waals surface area contributed by atoms with Crippen LogP contribution in [0.4, 0.5) is 5.69 Å². The number of rotatable bonds is 5. The molecule has 0 aromatic heterocycles. The second-order valence-electron chi connectivity index (χ2n) is 4.28. The van der Waals surface area contributed by atoms with E-state index in [0.29, 0.717) is 17.4 Å². The average molecular weight is 272 g/mol. The van der Waals surface area contributed by atoms with Crippen molar-refractivity contribution in [1.82, 2.24) is 4.90 Å². The lowest BCUT2D eigenvalue weighted by Crippen LogP contribution is -2.25. The largest absolute Gasteiger partial charge is 0.733 e. The summed E-state index contributed by atoms with van der Waals surface area (Å²) in [5.41, 5.74) is 0.0897. The van der Waals surface area contributed by atoms with Crippen LogP contribution in [0, 0.1) is 5.21 Å². The molecule has 0 aliphatic carbocycles. The maximum atomic E-state index is 10.7. The normalized spacial score (nSPS) is 15.9. The number of hydrogen-bond acceptors (Lipinski definition) is 5. The number of likely N-dealkylation sites (tertiary alicyclic amines) is 1. The highest BCUT2D eigenvalue weighted by atomic mass is 35.5. The lowest BCUT2D eigenvalue weighted by atomic mass is 10.3. The van der Waals surface area contributed by atoms with Crippen molar-refractivity contribution in [3.05, 3.63) is 28.4 Å². The molecule has 1 N–H and O–H groups in total. The molecule has 0 bridgehead atoms. The predicted molar refractivity (Wildman–Crippen MR) is 70.3 cm³/mol. The van der Waals surface area contributed by atoms with Crippen LogP contribution in [0.1, 0.15) is 12.8 Å². The van der Waals surface area contributed by atoms with Gasteiger partial charge in [0.05, 0.1) is 10.7 Å². The maximum Gasteiger partial charge on any atom is 0.138 e. The molecule has 1 fully saturated rings. The van der Waals surface area contributed by atoms with Crippen molar-refractivity contribution in [3.8, 4) is 5.75 Å². The number of nitrogens with zero attached hydrogens (tertiary/aromatic N) is 2. The molecule has 5 nitrogen and oxygen atoms in total. The zero-order valence-corrected chi connectivity index (χ0v) is 10.8. The van der Waals surface area contributed by atoms with Gasteiger partial charge >= 0.3 is 0 Å². The fraction of sp³-hybridized carbons (Fsp3) is 0.500. The van der Waals surface area contributed by atoms with Gasteiger partial charge in [-0.15, -0.1) is 0 Å². The van der Waals surface area contributed by atoms with E-state index in [2.05, 4.69) is 4.90 Å². The molecule has 1 aromatic carbocycles. The van der Waals surface area contributed by atoms with E-state index in [1.54, 1.807) is 6.07 Å². The molecule has 1 aromatic rings. The predicted octanol–water partition coefficient (Wildman–Crippen LogP) is 2.51. The molecule has 0 atom stereocenters. The van der Waals surface area contributed by atoms with Gasteiger partial charge in [-0.25, -0.2) is 0 Å². The van der Waals surface area contributed by atoms with E-state index in [-0.39, 0.29) is 10.9 Å². The Hall–Kier alpha value is -1.01. The molecule has 1 aliphatic heterocycles. The quantitative estimate of drug-likeness (QED) is 0.834. The topological polar surface area (TPSA) is 59.0 Å². The summed E-state index contributed by atoms with van der Waals surface area (Å²) in [7, 11) is 0. The second-order valence-corrected chi connectivity index (χ2v) is 4.69. The molecule has 6 heteroatoms. The monoisotopic (exact) mass is 271 g/mol. The zero-order chi connectivity index (χ0) is 13.0.